The van der Waals surface area contributed by atoms with Gasteiger partial charge in [0.05, 0.1) is 17.6 Å². The van der Waals surface area contributed by atoms with Crippen LogP contribution in [0.25, 0.3) is 11.0 Å². The van der Waals surface area contributed by atoms with Crippen LogP contribution in [0.15, 0.2) is 18.2 Å². The number of nitrogens with zero attached hydrogens (tertiary/aromatic N) is 4. The van der Waals surface area contributed by atoms with Crippen molar-refractivity contribution in [2.45, 2.75) is 38.6 Å². The molecule has 3 aromatic rings. The van der Waals surface area contributed by atoms with Crippen LogP contribution in [0.3, 0.4) is 0 Å². The van der Waals surface area contributed by atoms with Crippen LogP contribution in [-0.4, -0.2) is 39.4 Å². The summed E-state index contributed by atoms with van der Waals surface area (Å²) < 4.78 is 0. The first kappa shape index (κ1) is 16.2. The summed E-state index contributed by atoms with van der Waals surface area (Å²) in [5, 5.41) is 2.90. The number of hydrogen-bond donors (Lipinski definition) is 2. The molecule has 1 saturated carbocycles. The number of rotatable bonds is 4. The Hall–Kier alpha value is -2.96. The van der Waals surface area contributed by atoms with Crippen molar-refractivity contribution < 1.29 is 4.79 Å². The van der Waals surface area contributed by atoms with Gasteiger partial charge < -0.3 is 15.2 Å². The number of aromatic nitrogens is 4. The van der Waals surface area contributed by atoms with Gasteiger partial charge in [0.2, 0.25) is 0 Å². The number of imidazole rings is 1. The Morgan fingerprint density at radius 2 is 2.07 bits per heavy atom. The first-order valence-electron chi connectivity index (χ1n) is 9.44. The summed E-state index contributed by atoms with van der Waals surface area (Å²) in [6.07, 6.45) is 2.96. The van der Waals surface area contributed by atoms with Gasteiger partial charge in [0, 0.05) is 25.1 Å². The Morgan fingerprint density at radius 1 is 1.22 bits per heavy atom. The topological polar surface area (TPSA) is 86.8 Å². The fourth-order valence-corrected chi connectivity index (χ4v) is 3.68. The number of aromatic amines is 1. The summed E-state index contributed by atoms with van der Waals surface area (Å²) >= 11 is 0. The lowest BCUT2D eigenvalue weighted by Crippen LogP contribution is -2.35. The van der Waals surface area contributed by atoms with Gasteiger partial charge in [-0.15, -0.1) is 0 Å². The summed E-state index contributed by atoms with van der Waals surface area (Å²) in [5.74, 6) is 2.85. The van der Waals surface area contributed by atoms with Gasteiger partial charge in [-0.3, -0.25) is 4.79 Å². The summed E-state index contributed by atoms with van der Waals surface area (Å²) in [4.78, 5) is 31.9. The number of carbonyl (C=O) groups is 1. The number of carbonyl (C=O) groups excluding carboxylic acids is 1. The molecule has 7 nitrogen and oxygen atoms in total. The lowest BCUT2D eigenvalue weighted by Gasteiger charge is -2.25. The fraction of sp³-hybridized carbons (Fsp3) is 0.400. The molecule has 2 aliphatic rings. The zero-order valence-corrected chi connectivity index (χ0v) is 15.5. The molecule has 2 aromatic heterocycles. The van der Waals surface area contributed by atoms with E-state index in [2.05, 4.69) is 39.2 Å². The summed E-state index contributed by atoms with van der Waals surface area (Å²) in [6, 6.07) is 6.21. The lowest BCUT2D eigenvalue weighted by molar-refractivity contribution is 0.0940. The molecule has 138 valence electrons. The maximum absolute atomic E-state index is 12.3. The summed E-state index contributed by atoms with van der Waals surface area (Å²) in [7, 11) is 2.00. The normalized spacial score (nSPS) is 16.3. The summed E-state index contributed by atoms with van der Waals surface area (Å²) in [6.45, 7) is 3.30. The molecular formula is C20H22N6O. The standard InChI is InChI=1S/C20H22N6O/c1-11-3-6-14-15(9-11)23-16(22-14)10-26(2)19-13-7-8-21-20(27)17(13)24-18(25-19)12-4-5-12/h3,6,9,12H,4-5,7-8,10H2,1-2H3,(H,21,27)(H,22,23). The number of fused-ring (bicyclic) bond motifs is 2. The van der Waals surface area contributed by atoms with E-state index in [1.165, 1.54) is 5.56 Å². The molecular weight excluding hydrogens is 340 g/mol. The van der Waals surface area contributed by atoms with Crippen LogP contribution in [0, 0.1) is 6.92 Å². The number of nitrogens with one attached hydrogen (secondary N) is 2. The predicted molar refractivity (Wildman–Crippen MR) is 103 cm³/mol. The average Bonchev–Trinajstić information content (AvgIpc) is 3.42. The molecule has 0 bridgehead atoms. The highest BCUT2D eigenvalue weighted by Crippen LogP contribution is 2.39. The van der Waals surface area contributed by atoms with Gasteiger partial charge in [0.25, 0.3) is 5.91 Å². The van der Waals surface area contributed by atoms with E-state index in [9.17, 15) is 4.79 Å². The Labute approximate surface area is 157 Å². The van der Waals surface area contributed by atoms with Crippen molar-refractivity contribution in [1.82, 2.24) is 25.3 Å². The second-order valence-electron chi connectivity index (χ2n) is 7.57. The maximum Gasteiger partial charge on any atom is 0.270 e. The van der Waals surface area contributed by atoms with Crippen molar-refractivity contribution >= 4 is 22.8 Å². The van der Waals surface area contributed by atoms with E-state index < -0.39 is 0 Å². The van der Waals surface area contributed by atoms with Gasteiger partial charge >= 0.3 is 0 Å². The molecule has 0 atom stereocenters. The van der Waals surface area contributed by atoms with Gasteiger partial charge in [0.15, 0.2) is 0 Å². The van der Waals surface area contributed by atoms with Gasteiger partial charge in [-0.25, -0.2) is 15.0 Å². The molecule has 1 amide bonds. The van der Waals surface area contributed by atoms with Crippen LogP contribution in [0.1, 0.15) is 52.0 Å². The largest absolute Gasteiger partial charge is 0.352 e. The number of aryl methyl sites for hydroxylation is 1. The molecule has 1 aliphatic heterocycles. The minimum atomic E-state index is -0.0885. The third-order valence-electron chi connectivity index (χ3n) is 5.26. The average molecular weight is 362 g/mol. The van der Waals surface area contributed by atoms with Crippen molar-refractivity contribution in [2.24, 2.45) is 0 Å². The van der Waals surface area contributed by atoms with Gasteiger partial charge in [-0.05, 0) is 43.9 Å². The first-order valence-corrected chi connectivity index (χ1v) is 9.44. The lowest BCUT2D eigenvalue weighted by atomic mass is 10.1. The van der Waals surface area contributed by atoms with E-state index >= 15 is 0 Å². The molecule has 3 heterocycles. The van der Waals surface area contributed by atoms with Crippen molar-refractivity contribution in [3.8, 4) is 0 Å². The third kappa shape index (κ3) is 2.93. The van der Waals surface area contributed by atoms with Crippen LogP contribution in [0.5, 0.6) is 0 Å². The Kier molecular flexibility index (Phi) is 3.63. The zero-order valence-electron chi connectivity index (χ0n) is 15.5. The van der Waals surface area contributed by atoms with Gasteiger partial charge in [-0.1, -0.05) is 6.07 Å². The highest BCUT2D eigenvalue weighted by atomic mass is 16.1. The molecule has 0 unspecified atom stereocenters. The van der Waals surface area contributed by atoms with Crippen molar-refractivity contribution in [3.63, 3.8) is 0 Å². The Morgan fingerprint density at radius 3 is 2.89 bits per heavy atom. The number of anilines is 1. The van der Waals surface area contributed by atoms with Crippen LogP contribution < -0.4 is 10.2 Å². The van der Waals surface area contributed by atoms with Crippen LogP contribution in [0.2, 0.25) is 0 Å². The first-order chi connectivity index (χ1) is 13.1. The molecule has 0 radical (unpaired) electrons. The van der Waals surface area contributed by atoms with Crippen molar-refractivity contribution in [1.29, 1.82) is 0 Å². The molecule has 2 N–H and O–H groups in total. The zero-order chi connectivity index (χ0) is 18.5. The third-order valence-corrected chi connectivity index (χ3v) is 5.26. The maximum atomic E-state index is 12.3. The highest BCUT2D eigenvalue weighted by Gasteiger charge is 2.32. The number of H-pyrrole nitrogens is 1. The smallest absolute Gasteiger partial charge is 0.270 e. The van der Waals surface area contributed by atoms with Crippen molar-refractivity contribution in [2.75, 3.05) is 18.5 Å². The minimum Gasteiger partial charge on any atom is -0.352 e. The van der Waals surface area contributed by atoms with E-state index in [-0.39, 0.29) is 5.91 Å². The minimum absolute atomic E-state index is 0.0885. The molecule has 27 heavy (non-hydrogen) atoms. The molecule has 1 aliphatic carbocycles. The van der Waals surface area contributed by atoms with E-state index in [0.29, 0.717) is 24.7 Å². The molecule has 0 saturated heterocycles. The van der Waals surface area contributed by atoms with Gasteiger partial charge in [0.1, 0.15) is 23.2 Å². The van der Waals surface area contributed by atoms with E-state index in [0.717, 1.165) is 53.3 Å². The van der Waals surface area contributed by atoms with Gasteiger partial charge in [-0.2, -0.15) is 0 Å². The second-order valence-corrected chi connectivity index (χ2v) is 7.57. The Bertz CT molecular complexity index is 1050. The highest BCUT2D eigenvalue weighted by molar-refractivity contribution is 5.96. The molecule has 5 rings (SSSR count). The summed E-state index contributed by atoms with van der Waals surface area (Å²) in [5.41, 5.74) is 4.70. The fourth-order valence-electron chi connectivity index (χ4n) is 3.68. The molecule has 1 aromatic carbocycles. The van der Waals surface area contributed by atoms with Crippen LogP contribution >= 0.6 is 0 Å². The number of benzene rings is 1. The van der Waals surface area contributed by atoms with E-state index in [4.69, 9.17) is 9.97 Å². The second kappa shape index (κ2) is 6.04. The van der Waals surface area contributed by atoms with E-state index in [1.54, 1.807) is 0 Å². The number of hydrogen-bond acceptors (Lipinski definition) is 5. The monoisotopic (exact) mass is 362 g/mol. The predicted octanol–water partition coefficient (Wildman–Crippen LogP) is 2.46. The quantitative estimate of drug-likeness (QED) is 0.744. The van der Waals surface area contributed by atoms with Crippen LogP contribution in [0.4, 0.5) is 5.82 Å². The van der Waals surface area contributed by atoms with Crippen molar-refractivity contribution in [3.05, 3.63) is 46.7 Å². The Balaban J connectivity index is 1.51. The SMILES string of the molecule is Cc1ccc2nc(CN(C)c3nc(C4CC4)nc4c3CCNC4=O)[nH]c2c1. The molecule has 0 spiro atoms. The molecule has 1 fully saturated rings. The van der Waals surface area contributed by atoms with Crippen LogP contribution in [-0.2, 0) is 13.0 Å². The van der Waals surface area contributed by atoms with E-state index in [1.807, 2.05) is 13.1 Å². The molecule has 7 heteroatoms. The number of amides is 1.